The minimum atomic E-state index is -0.802. The number of fused-ring (bicyclic) bond motifs is 3. The highest BCUT2D eigenvalue weighted by Gasteiger charge is 2.39. The van der Waals surface area contributed by atoms with Crippen molar-refractivity contribution in [1.29, 1.82) is 0 Å². The lowest BCUT2D eigenvalue weighted by molar-refractivity contribution is -0.139. The molecule has 1 atom stereocenters. The molecule has 1 unspecified atom stereocenters. The van der Waals surface area contributed by atoms with Gasteiger partial charge in [-0.1, -0.05) is 31.2 Å². The SMILES string of the molecule is CCCOc1ccc(C2C(C(=O)OCC)=C(N)Oc3c2c(=O)oc2ccccc32)cc1. The number of carbonyl (C=O) groups is 1. The summed E-state index contributed by atoms with van der Waals surface area (Å²) in [7, 11) is 0. The molecule has 1 aromatic heterocycles. The van der Waals surface area contributed by atoms with Crippen molar-refractivity contribution in [2.24, 2.45) is 5.73 Å². The summed E-state index contributed by atoms with van der Waals surface area (Å²) in [5, 5.41) is 0.593. The molecule has 0 saturated carbocycles. The van der Waals surface area contributed by atoms with Crippen LogP contribution in [-0.2, 0) is 9.53 Å². The number of ether oxygens (including phenoxy) is 3. The Morgan fingerprint density at radius 1 is 1.10 bits per heavy atom. The third-order valence-corrected chi connectivity index (χ3v) is 5.04. The largest absolute Gasteiger partial charge is 0.494 e. The first-order valence-electron chi connectivity index (χ1n) is 10.2. The molecule has 160 valence electrons. The molecule has 0 fully saturated rings. The van der Waals surface area contributed by atoms with Crippen LogP contribution in [0.4, 0.5) is 0 Å². The topological polar surface area (TPSA) is 101 Å². The highest BCUT2D eigenvalue weighted by Crippen LogP contribution is 2.44. The molecule has 0 amide bonds. The number of benzene rings is 2. The highest BCUT2D eigenvalue weighted by molar-refractivity contribution is 5.94. The maximum atomic E-state index is 13.0. The van der Waals surface area contributed by atoms with Crippen molar-refractivity contribution < 1.29 is 23.4 Å². The number of rotatable bonds is 6. The van der Waals surface area contributed by atoms with Gasteiger partial charge in [0.1, 0.15) is 16.9 Å². The van der Waals surface area contributed by atoms with E-state index in [0.29, 0.717) is 28.9 Å². The van der Waals surface area contributed by atoms with E-state index in [0.717, 1.165) is 6.42 Å². The van der Waals surface area contributed by atoms with Crippen molar-refractivity contribution in [2.75, 3.05) is 13.2 Å². The zero-order valence-corrected chi connectivity index (χ0v) is 17.3. The van der Waals surface area contributed by atoms with Crippen LogP contribution in [-0.4, -0.2) is 19.2 Å². The molecule has 31 heavy (non-hydrogen) atoms. The summed E-state index contributed by atoms with van der Waals surface area (Å²) in [6, 6.07) is 14.2. The van der Waals surface area contributed by atoms with Crippen LogP contribution in [0.15, 0.2) is 69.2 Å². The monoisotopic (exact) mass is 421 g/mol. The van der Waals surface area contributed by atoms with Crippen molar-refractivity contribution in [3.63, 3.8) is 0 Å². The number of nitrogens with two attached hydrogens (primary N) is 1. The van der Waals surface area contributed by atoms with Crippen LogP contribution >= 0.6 is 0 Å². The van der Waals surface area contributed by atoms with Gasteiger partial charge in [0.25, 0.3) is 0 Å². The second kappa shape index (κ2) is 8.55. The van der Waals surface area contributed by atoms with Gasteiger partial charge in [-0.3, -0.25) is 0 Å². The molecular formula is C24H23NO6. The van der Waals surface area contributed by atoms with Gasteiger partial charge in [-0.25, -0.2) is 9.59 Å². The van der Waals surface area contributed by atoms with Crippen molar-refractivity contribution in [3.8, 4) is 11.5 Å². The fourth-order valence-electron chi connectivity index (χ4n) is 3.68. The lowest BCUT2D eigenvalue weighted by atomic mass is 9.83. The predicted molar refractivity (Wildman–Crippen MR) is 115 cm³/mol. The summed E-state index contributed by atoms with van der Waals surface area (Å²) in [4.78, 5) is 25.8. The summed E-state index contributed by atoms with van der Waals surface area (Å²) >= 11 is 0. The van der Waals surface area contributed by atoms with Gasteiger partial charge >= 0.3 is 11.6 Å². The van der Waals surface area contributed by atoms with E-state index in [1.54, 1.807) is 49.4 Å². The van der Waals surface area contributed by atoms with Crippen LogP contribution in [0.3, 0.4) is 0 Å². The molecule has 0 saturated heterocycles. The first-order valence-corrected chi connectivity index (χ1v) is 10.2. The van der Waals surface area contributed by atoms with Gasteiger partial charge in [0.05, 0.1) is 30.1 Å². The van der Waals surface area contributed by atoms with E-state index >= 15 is 0 Å². The van der Waals surface area contributed by atoms with Crippen molar-refractivity contribution in [3.05, 3.63) is 81.5 Å². The van der Waals surface area contributed by atoms with E-state index in [-0.39, 0.29) is 29.4 Å². The Labute approximate surface area is 179 Å². The van der Waals surface area contributed by atoms with Crippen LogP contribution in [0.25, 0.3) is 11.0 Å². The molecule has 1 aliphatic heterocycles. The molecule has 2 aromatic carbocycles. The van der Waals surface area contributed by atoms with Gasteiger partial charge in [-0.05, 0) is 43.2 Å². The normalized spacial score (nSPS) is 15.4. The summed E-state index contributed by atoms with van der Waals surface area (Å²) < 4.78 is 22.2. The molecule has 0 bridgehead atoms. The average Bonchev–Trinajstić information content (AvgIpc) is 2.77. The van der Waals surface area contributed by atoms with E-state index in [2.05, 4.69) is 0 Å². The second-order valence-corrected chi connectivity index (χ2v) is 7.08. The highest BCUT2D eigenvalue weighted by atomic mass is 16.5. The predicted octanol–water partition coefficient (Wildman–Crippen LogP) is 3.84. The summed E-state index contributed by atoms with van der Waals surface area (Å²) in [6.07, 6.45) is 0.884. The van der Waals surface area contributed by atoms with Gasteiger partial charge in [0, 0.05) is 0 Å². The zero-order valence-electron chi connectivity index (χ0n) is 17.3. The molecule has 0 aliphatic carbocycles. The summed E-state index contributed by atoms with van der Waals surface area (Å²) in [5.41, 5.74) is 6.91. The number of hydrogen-bond donors (Lipinski definition) is 1. The standard InChI is InChI=1S/C24H23NO6/c1-3-13-29-15-11-9-14(10-12-15)18-19-21(31-22(25)20(18)23(26)28-4-2)16-7-5-6-8-17(16)30-24(19)27/h5-12,18H,3-4,13,25H2,1-2H3. The first-order chi connectivity index (χ1) is 15.0. The van der Waals surface area contributed by atoms with Gasteiger partial charge in [-0.15, -0.1) is 0 Å². The van der Waals surface area contributed by atoms with Crippen LogP contribution < -0.4 is 20.8 Å². The minimum absolute atomic E-state index is 0.0687. The first kappa shape index (κ1) is 20.5. The van der Waals surface area contributed by atoms with E-state index < -0.39 is 17.5 Å². The fraction of sp³-hybridized carbons (Fsp3) is 0.250. The number of carbonyl (C=O) groups excluding carboxylic acids is 1. The van der Waals surface area contributed by atoms with Crippen molar-refractivity contribution in [1.82, 2.24) is 0 Å². The van der Waals surface area contributed by atoms with Gasteiger partial charge < -0.3 is 24.4 Å². The van der Waals surface area contributed by atoms with Crippen LogP contribution in [0.1, 0.15) is 37.3 Å². The van der Waals surface area contributed by atoms with E-state index in [1.807, 2.05) is 13.0 Å². The summed E-state index contributed by atoms with van der Waals surface area (Å²) in [6.45, 7) is 4.47. The molecule has 3 aromatic rings. The number of para-hydroxylation sites is 1. The van der Waals surface area contributed by atoms with E-state index in [9.17, 15) is 9.59 Å². The Hall–Kier alpha value is -3.74. The maximum Gasteiger partial charge on any atom is 0.344 e. The molecule has 0 spiro atoms. The van der Waals surface area contributed by atoms with Crippen LogP contribution in [0.5, 0.6) is 11.5 Å². The number of hydrogen-bond acceptors (Lipinski definition) is 7. The Balaban J connectivity index is 1.92. The second-order valence-electron chi connectivity index (χ2n) is 7.08. The third-order valence-electron chi connectivity index (χ3n) is 5.04. The lowest BCUT2D eigenvalue weighted by Crippen LogP contribution is -2.31. The zero-order chi connectivity index (χ0) is 22.0. The van der Waals surface area contributed by atoms with Gasteiger partial charge in [-0.2, -0.15) is 0 Å². The molecular weight excluding hydrogens is 398 g/mol. The van der Waals surface area contributed by atoms with Gasteiger partial charge in [0.2, 0.25) is 5.88 Å². The Morgan fingerprint density at radius 2 is 1.84 bits per heavy atom. The Bertz CT molecular complexity index is 1210. The molecule has 1 aliphatic rings. The molecule has 7 heteroatoms. The summed E-state index contributed by atoms with van der Waals surface area (Å²) in [5.74, 6) is -0.566. The Kier molecular flexibility index (Phi) is 5.66. The van der Waals surface area contributed by atoms with Crippen LogP contribution in [0, 0.1) is 0 Å². The molecule has 2 heterocycles. The maximum absolute atomic E-state index is 13.0. The van der Waals surface area contributed by atoms with E-state index in [1.165, 1.54) is 0 Å². The molecule has 7 nitrogen and oxygen atoms in total. The van der Waals surface area contributed by atoms with Crippen molar-refractivity contribution >= 4 is 16.9 Å². The molecule has 0 radical (unpaired) electrons. The lowest BCUT2D eigenvalue weighted by Gasteiger charge is -2.28. The number of esters is 1. The Morgan fingerprint density at radius 3 is 2.55 bits per heavy atom. The minimum Gasteiger partial charge on any atom is -0.494 e. The van der Waals surface area contributed by atoms with E-state index in [4.69, 9.17) is 24.4 Å². The quantitative estimate of drug-likeness (QED) is 0.477. The third kappa shape index (κ3) is 3.74. The fourth-order valence-corrected chi connectivity index (χ4v) is 3.68. The van der Waals surface area contributed by atoms with Gasteiger partial charge in [0.15, 0.2) is 5.75 Å². The van der Waals surface area contributed by atoms with Crippen LogP contribution in [0.2, 0.25) is 0 Å². The smallest absolute Gasteiger partial charge is 0.344 e. The van der Waals surface area contributed by atoms with Crippen molar-refractivity contribution in [2.45, 2.75) is 26.2 Å². The molecule has 2 N–H and O–H groups in total. The average molecular weight is 421 g/mol. The molecule has 4 rings (SSSR count).